The fourth-order valence-electron chi connectivity index (χ4n) is 5.34. The molecule has 2 aromatic heterocycles. The van der Waals surface area contributed by atoms with Gasteiger partial charge in [0.1, 0.15) is 17.1 Å². The number of rotatable bonds is 5. The minimum absolute atomic E-state index is 0.0336. The number of fused-ring (bicyclic) bond motifs is 2. The molecule has 0 radical (unpaired) electrons. The number of piperidine rings is 1. The number of carbonyl (C=O) groups excluding carboxylic acids is 3. The van der Waals surface area contributed by atoms with E-state index < -0.39 is 23.6 Å². The van der Waals surface area contributed by atoms with Crippen LogP contribution in [0.25, 0.3) is 11.0 Å². The van der Waals surface area contributed by atoms with Gasteiger partial charge in [-0.05, 0) is 61.7 Å². The van der Waals surface area contributed by atoms with Crippen LogP contribution in [0, 0.1) is 5.82 Å². The van der Waals surface area contributed by atoms with Gasteiger partial charge in [0, 0.05) is 42.1 Å². The Morgan fingerprint density at radius 3 is 2.82 bits per heavy atom. The topological polar surface area (TPSA) is 109 Å². The lowest BCUT2D eigenvalue weighted by Crippen LogP contribution is -2.41. The molecule has 4 aromatic rings. The third-order valence-electron chi connectivity index (χ3n) is 7.18. The van der Waals surface area contributed by atoms with Gasteiger partial charge in [-0.25, -0.2) is 9.18 Å². The Labute approximate surface area is 217 Å². The van der Waals surface area contributed by atoms with E-state index in [1.165, 1.54) is 17.0 Å². The Bertz CT molecular complexity index is 1570. The number of anilines is 2. The number of H-pyrrole nitrogens is 1. The Hall–Kier alpha value is -4.47. The summed E-state index contributed by atoms with van der Waals surface area (Å²) in [5.41, 5.74) is 2.60. The molecule has 194 valence electrons. The summed E-state index contributed by atoms with van der Waals surface area (Å²) in [5, 5.41) is 7.70. The van der Waals surface area contributed by atoms with Crippen LogP contribution in [0.2, 0.25) is 0 Å². The van der Waals surface area contributed by atoms with E-state index >= 15 is 4.39 Å². The predicted molar refractivity (Wildman–Crippen MR) is 137 cm³/mol. The van der Waals surface area contributed by atoms with Crippen molar-refractivity contribution in [2.75, 3.05) is 29.5 Å². The van der Waals surface area contributed by atoms with E-state index in [2.05, 4.69) is 10.2 Å². The van der Waals surface area contributed by atoms with Crippen LogP contribution in [0.15, 0.2) is 53.1 Å². The smallest absolute Gasteiger partial charge is 0.356 e. The van der Waals surface area contributed by atoms with Crippen LogP contribution in [-0.2, 0) is 9.53 Å². The maximum Gasteiger partial charge on any atom is 0.356 e. The van der Waals surface area contributed by atoms with E-state index in [0.717, 1.165) is 23.8 Å². The summed E-state index contributed by atoms with van der Waals surface area (Å²) >= 11 is 0. The van der Waals surface area contributed by atoms with Crippen LogP contribution < -0.4 is 9.80 Å². The molecule has 9 nitrogen and oxygen atoms in total. The third kappa shape index (κ3) is 3.93. The molecule has 1 N–H and O–H groups in total. The minimum Gasteiger partial charge on any atom is -0.464 e. The molecule has 38 heavy (non-hydrogen) atoms. The standard InChI is InChI=1S/C28H25FN4O5/c1-2-37-28(36)26-24-19(16-6-9-22-17(13-16)10-12-38-22)15-33(27(35)25(24)30-31-26)21-8-7-18(14-20(21)29)32-11-4-3-5-23(32)34/h6-10,12-14,19H,2-5,11,15H2,1H3,(H,30,31). The first kappa shape index (κ1) is 23.9. The predicted octanol–water partition coefficient (Wildman–Crippen LogP) is 4.78. The molecule has 1 atom stereocenters. The first-order valence-electron chi connectivity index (χ1n) is 12.6. The summed E-state index contributed by atoms with van der Waals surface area (Å²) in [5.74, 6) is -2.31. The van der Waals surface area contributed by atoms with Crippen molar-refractivity contribution in [2.45, 2.75) is 32.1 Å². The molecule has 0 spiro atoms. The second kappa shape index (κ2) is 9.44. The highest BCUT2D eigenvalue weighted by atomic mass is 19.1. The number of aromatic amines is 1. The molecule has 0 saturated carbocycles. The van der Waals surface area contributed by atoms with E-state index in [-0.39, 0.29) is 36.1 Å². The van der Waals surface area contributed by atoms with Crippen molar-refractivity contribution >= 4 is 40.1 Å². The van der Waals surface area contributed by atoms with Crippen LogP contribution in [0.5, 0.6) is 0 Å². The summed E-state index contributed by atoms with van der Waals surface area (Å²) < 4.78 is 26.2. The number of hydrogen-bond donors (Lipinski definition) is 1. The second-order valence-electron chi connectivity index (χ2n) is 9.41. The highest BCUT2D eigenvalue weighted by Gasteiger charge is 2.40. The lowest BCUT2D eigenvalue weighted by molar-refractivity contribution is -0.119. The second-order valence-corrected chi connectivity index (χ2v) is 9.41. The van der Waals surface area contributed by atoms with Crippen LogP contribution in [0.1, 0.15) is 64.2 Å². The van der Waals surface area contributed by atoms with Crippen molar-refractivity contribution in [3.8, 4) is 0 Å². The van der Waals surface area contributed by atoms with Gasteiger partial charge in [0.2, 0.25) is 5.91 Å². The van der Waals surface area contributed by atoms with Gasteiger partial charge in [0.15, 0.2) is 5.69 Å². The number of furan rings is 1. The van der Waals surface area contributed by atoms with Crippen molar-refractivity contribution in [2.24, 2.45) is 0 Å². The van der Waals surface area contributed by atoms with E-state index in [4.69, 9.17) is 9.15 Å². The van der Waals surface area contributed by atoms with Gasteiger partial charge in [-0.2, -0.15) is 5.10 Å². The molecule has 2 aliphatic rings. The highest BCUT2D eigenvalue weighted by Crippen LogP contribution is 2.39. The van der Waals surface area contributed by atoms with Gasteiger partial charge in [-0.1, -0.05) is 6.07 Å². The molecule has 0 bridgehead atoms. The van der Waals surface area contributed by atoms with Crippen LogP contribution in [0.4, 0.5) is 15.8 Å². The monoisotopic (exact) mass is 516 g/mol. The zero-order valence-electron chi connectivity index (χ0n) is 20.7. The third-order valence-corrected chi connectivity index (χ3v) is 7.18. The number of hydrogen-bond acceptors (Lipinski definition) is 6. The fourth-order valence-corrected chi connectivity index (χ4v) is 5.34. The zero-order chi connectivity index (χ0) is 26.4. The van der Waals surface area contributed by atoms with Crippen molar-refractivity contribution < 1.29 is 27.9 Å². The van der Waals surface area contributed by atoms with E-state index in [0.29, 0.717) is 29.8 Å². The van der Waals surface area contributed by atoms with Gasteiger partial charge < -0.3 is 19.0 Å². The molecule has 6 rings (SSSR count). The number of halogens is 1. The van der Waals surface area contributed by atoms with Gasteiger partial charge in [0.05, 0.1) is 18.6 Å². The van der Waals surface area contributed by atoms with E-state index in [1.807, 2.05) is 24.3 Å². The number of nitrogens with one attached hydrogen (secondary N) is 1. The number of benzene rings is 2. The lowest BCUT2D eigenvalue weighted by atomic mass is 9.85. The first-order chi connectivity index (χ1) is 18.5. The molecule has 2 aliphatic heterocycles. The number of ether oxygens (including phenoxy) is 1. The van der Waals surface area contributed by atoms with E-state index in [9.17, 15) is 14.4 Å². The summed E-state index contributed by atoms with van der Waals surface area (Å²) in [6.45, 7) is 2.46. The fraction of sp³-hybridized carbons (Fsp3) is 0.286. The first-order valence-corrected chi connectivity index (χ1v) is 12.6. The molecule has 2 aromatic carbocycles. The maximum absolute atomic E-state index is 15.5. The molecular formula is C28H25FN4O5. The molecular weight excluding hydrogens is 491 g/mol. The molecule has 0 aliphatic carbocycles. The number of amides is 2. The van der Waals surface area contributed by atoms with Crippen molar-refractivity contribution in [3.63, 3.8) is 0 Å². The Kier molecular flexibility index (Phi) is 5.94. The lowest BCUT2D eigenvalue weighted by Gasteiger charge is -2.33. The molecule has 1 saturated heterocycles. The van der Waals surface area contributed by atoms with Gasteiger partial charge in [-0.3, -0.25) is 14.7 Å². The van der Waals surface area contributed by atoms with Crippen LogP contribution in [0.3, 0.4) is 0 Å². The van der Waals surface area contributed by atoms with E-state index in [1.54, 1.807) is 24.2 Å². The highest BCUT2D eigenvalue weighted by molar-refractivity contribution is 6.09. The van der Waals surface area contributed by atoms with Gasteiger partial charge in [-0.15, -0.1) is 0 Å². The maximum atomic E-state index is 15.5. The number of aromatic nitrogens is 2. The summed E-state index contributed by atoms with van der Waals surface area (Å²) in [6.07, 6.45) is 3.70. The SMILES string of the molecule is CCOC(=O)c1[nH]nc2c1C(c1ccc3occc3c1)CN(c1ccc(N3CCCCC3=O)cc1F)C2=O. The zero-order valence-corrected chi connectivity index (χ0v) is 20.7. The summed E-state index contributed by atoms with van der Waals surface area (Å²) in [7, 11) is 0. The average Bonchev–Trinajstić information content (AvgIpc) is 3.57. The Morgan fingerprint density at radius 2 is 2.03 bits per heavy atom. The minimum atomic E-state index is -0.622. The quantitative estimate of drug-likeness (QED) is 0.383. The molecule has 10 heteroatoms. The van der Waals surface area contributed by atoms with Crippen molar-refractivity contribution in [1.82, 2.24) is 10.2 Å². The molecule has 4 heterocycles. The van der Waals surface area contributed by atoms with Crippen molar-refractivity contribution in [1.29, 1.82) is 0 Å². The summed E-state index contributed by atoms with van der Waals surface area (Å²) in [6, 6.07) is 11.9. The Balaban J connectivity index is 1.43. The average molecular weight is 517 g/mol. The van der Waals surface area contributed by atoms with Gasteiger partial charge in [0.25, 0.3) is 5.91 Å². The molecule has 1 fully saturated rings. The number of carbonyl (C=O) groups is 3. The van der Waals surface area contributed by atoms with Crippen molar-refractivity contribution in [3.05, 3.63) is 77.1 Å². The van der Waals surface area contributed by atoms with Crippen LogP contribution >= 0.6 is 0 Å². The Morgan fingerprint density at radius 1 is 1.16 bits per heavy atom. The summed E-state index contributed by atoms with van der Waals surface area (Å²) in [4.78, 5) is 41.6. The van der Waals surface area contributed by atoms with Gasteiger partial charge >= 0.3 is 5.97 Å². The molecule has 2 amide bonds. The van der Waals surface area contributed by atoms with Crippen LogP contribution in [-0.4, -0.2) is 47.7 Å². The number of nitrogens with zero attached hydrogens (tertiary/aromatic N) is 3. The number of esters is 1. The molecule has 1 unspecified atom stereocenters. The normalized spacial score (nSPS) is 17.7. The largest absolute Gasteiger partial charge is 0.464 e.